The second-order valence-corrected chi connectivity index (χ2v) is 4.55. The van der Waals surface area contributed by atoms with Gasteiger partial charge in [0.15, 0.2) is 0 Å². The van der Waals surface area contributed by atoms with Gasteiger partial charge in [-0.15, -0.1) is 0 Å². The van der Waals surface area contributed by atoms with E-state index in [1.165, 1.54) is 0 Å². The number of hydrogen-bond acceptors (Lipinski definition) is 3. The van der Waals surface area contributed by atoms with Crippen LogP contribution >= 0.6 is 0 Å². The van der Waals surface area contributed by atoms with Crippen LogP contribution in [-0.2, 0) is 11.3 Å². The van der Waals surface area contributed by atoms with Crippen molar-refractivity contribution in [2.75, 3.05) is 20.1 Å². The monoisotopic (exact) mass is 277 g/mol. The number of amides is 2. The molecule has 0 fully saturated rings. The number of hydrogen-bond donors (Lipinski definition) is 3. The standard InChI is InChI=1S/C15H23N3O2/c1-3-9-18-14(19)8-10-17-11-12-4-6-13(7-5-12)15(20)16-2/h4-7,17H,3,8-11H2,1-2H3,(H,16,20)(H,18,19). The van der Waals surface area contributed by atoms with E-state index in [0.717, 1.165) is 18.5 Å². The van der Waals surface area contributed by atoms with Crippen molar-refractivity contribution in [2.45, 2.75) is 26.3 Å². The molecule has 5 nitrogen and oxygen atoms in total. The van der Waals surface area contributed by atoms with E-state index >= 15 is 0 Å². The summed E-state index contributed by atoms with van der Waals surface area (Å²) in [5.74, 6) is -0.00795. The van der Waals surface area contributed by atoms with Gasteiger partial charge < -0.3 is 16.0 Å². The summed E-state index contributed by atoms with van der Waals surface area (Å²) in [5, 5.41) is 8.63. The fourth-order valence-corrected chi connectivity index (χ4v) is 1.71. The quantitative estimate of drug-likeness (QED) is 0.622. The molecule has 0 radical (unpaired) electrons. The Kier molecular flexibility index (Phi) is 7.35. The number of carbonyl (C=O) groups excluding carboxylic acids is 2. The third-order valence-electron chi connectivity index (χ3n) is 2.87. The Hall–Kier alpha value is -1.88. The van der Waals surface area contributed by atoms with Gasteiger partial charge in [0.25, 0.3) is 5.91 Å². The molecule has 0 spiro atoms. The molecule has 0 aliphatic carbocycles. The number of carbonyl (C=O) groups is 2. The lowest BCUT2D eigenvalue weighted by Gasteiger charge is -2.06. The highest BCUT2D eigenvalue weighted by Gasteiger charge is 2.02. The molecule has 0 bridgehead atoms. The van der Waals surface area contributed by atoms with Crippen molar-refractivity contribution in [3.63, 3.8) is 0 Å². The van der Waals surface area contributed by atoms with Crippen molar-refractivity contribution in [3.8, 4) is 0 Å². The van der Waals surface area contributed by atoms with E-state index < -0.39 is 0 Å². The average molecular weight is 277 g/mol. The first-order chi connectivity index (χ1) is 9.67. The molecule has 1 rings (SSSR count). The number of rotatable bonds is 8. The Morgan fingerprint density at radius 2 is 1.80 bits per heavy atom. The van der Waals surface area contributed by atoms with Gasteiger partial charge in [0.05, 0.1) is 0 Å². The molecule has 0 saturated heterocycles. The largest absolute Gasteiger partial charge is 0.356 e. The maximum Gasteiger partial charge on any atom is 0.251 e. The number of benzene rings is 1. The minimum Gasteiger partial charge on any atom is -0.356 e. The lowest BCUT2D eigenvalue weighted by molar-refractivity contribution is -0.120. The summed E-state index contributed by atoms with van der Waals surface area (Å²) >= 11 is 0. The van der Waals surface area contributed by atoms with Crippen LogP contribution in [0, 0.1) is 0 Å². The van der Waals surface area contributed by atoms with Crippen molar-refractivity contribution in [1.82, 2.24) is 16.0 Å². The first kappa shape index (κ1) is 16.2. The van der Waals surface area contributed by atoms with Gasteiger partial charge in [0.1, 0.15) is 0 Å². The Labute approximate surface area is 120 Å². The topological polar surface area (TPSA) is 70.2 Å². The van der Waals surface area contributed by atoms with Crippen LogP contribution in [0.3, 0.4) is 0 Å². The molecule has 0 atom stereocenters. The van der Waals surface area contributed by atoms with Crippen LogP contribution in [0.2, 0.25) is 0 Å². The van der Waals surface area contributed by atoms with Gasteiger partial charge in [-0.1, -0.05) is 19.1 Å². The van der Waals surface area contributed by atoms with E-state index in [1.807, 2.05) is 19.1 Å². The SMILES string of the molecule is CCCNC(=O)CCNCc1ccc(C(=O)NC)cc1. The molecule has 2 amide bonds. The summed E-state index contributed by atoms with van der Waals surface area (Å²) < 4.78 is 0. The third kappa shape index (κ3) is 5.84. The molecule has 0 aromatic heterocycles. The van der Waals surface area contributed by atoms with Crippen LogP contribution < -0.4 is 16.0 Å². The van der Waals surface area contributed by atoms with E-state index in [4.69, 9.17) is 0 Å². The second kappa shape index (κ2) is 9.09. The van der Waals surface area contributed by atoms with E-state index in [1.54, 1.807) is 19.2 Å². The minimum atomic E-state index is -0.0860. The molecule has 0 saturated carbocycles. The van der Waals surface area contributed by atoms with Crippen LogP contribution in [-0.4, -0.2) is 32.0 Å². The van der Waals surface area contributed by atoms with E-state index in [0.29, 0.717) is 25.1 Å². The van der Waals surface area contributed by atoms with Crippen molar-refractivity contribution in [2.24, 2.45) is 0 Å². The van der Waals surface area contributed by atoms with Crippen molar-refractivity contribution < 1.29 is 9.59 Å². The van der Waals surface area contributed by atoms with Crippen molar-refractivity contribution >= 4 is 11.8 Å². The minimum absolute atomic E-state index is 0.0781. The molecular weight excluding hydrogens is 254 g/mol. The van der Waals surface area contributed by atoms with Crippen LogP contribution in [0.4, 0.5) is 0 Å². The predicted octanol–water partition coefficient (Wildman–Crippen LogP) is 1.05. The van der Waals surface area contributed by atoms with Crippen LogP contribution in [0.5, 0.6) is 0 Å². The maximum absolute atomic E-state index is 11.4. The van der Waals surface area contributed by atoms with Gasteiger partial charge in [0.2, 0.25) is 5.91 Å². The molecule has 1 aromatic rings. The Morgan fingerprint density at radius 3 is 2.40 bits per heavy atom. The van der Waals surface area contributed by atoms with E-state index in [-0.39, 0.29) is 11.8 Å². The van der Waals surface area contributed by atoms with Gasteiger partial charge in [-0.3, -0.25) is 9.59 Å². The highest BCUT2D eigenvalue weighted by molar-refractivity contribution is 5.93. The number of nitrogens with one attached hydrogen (secondary N) is 3. The lowest BCUT2D eigenvalue weighted by Crippen LogP contribution is -2.28. The summed E-state index contributed by atoms with van der Waals surface area (Å²) in [4.78, 5) is 22.7. The predicted molar refractivity (Wildman–Crippen MR) is 79.5 cm³/mol. The third-order valence-corrected chi connectivity index (χ3v) is 2.87. The molecule has 0 aliphatic rings. The summed E-state index contributed by atoms with van der Waals surface area (Å²) in [6.07, 6.45) is 1.44. The fourth-order valence-electron chi connectivity index (χ4n) is 1.71. The molecule has 1 aromatic carbocycles. The lowest BCUT2D eigenvalue weighted by atomic mass is 10.1. The molecule has 3 N–H and O–H groups in total. The van der Waals surface area contributed by atoms with Crippen molar-refractivity contribution in [1.29, 1.82) is 0 Å². The highest BCUT2D eigenvalue weighted by Crippen LogP contribution is 2.04. The van der Waals surface area contributed by atoms with E-state index in [9.17, 15) is 9.59 Å². The Bertz CT molecular complexity index is 429. The summed E-state index contributed by atoms with van der Waals surface area (Å²) in [5.41, 5.74) is 1.74. The summed E-state index contributed by atoms with van der Waals surface area (Å²) in [6.45, 7) is 4.10. The molecular formula is C15H23N3O2. The van der Waals surface area contributed by atoms with Gasteiger partial charge in [-0.2, -0.15) is 0 Å². The van der Waals surface area contributed by atoms with Gasteiger partial charge in [-0.05, 0) is 24.1 Å². The second-order valence-electron chi connectivity index (χ2n) is 4.55. The zero-order chi connectivity index (χ0) is 14.8. The van der Waals surface area contributed by atoms with Crippen LogP contribution in [0.1, 0.15) is 35.7 Å². The zero-order valence-electron chi connectivity index (χ0n) is 12.2. The molecule has 0 unspecified atom stereocenters. The first-order valence-electron chi connectivity index (χ1n) is 6.95. The summed E-state index contributed by atoms with van der Waals surface area (Å²) in [7, 11) is 1.61. The van der Waals surface area contributed by atoms with Gasteiger partial charge in [-0.25, -0.2) is 0 Å². The van der Waals surface area contributed by atoms with Gasteiger partial charge in [0, 0.05) is 38.7 Å². The molecule has 0 aliphatic heterocycles. The molecule has 0 heterocycles. The highest BCUT2D eigenvalue weighted by atomic mass is 16.2. The summed E-state index contributed by atoms with van der Waals surface area (Å²) in [6, 6.07) is 7.41. The van der Waals surface area contributed by atoms with Crippen LogP contribution in [0.25, 0.3) is 0 Å². The van der Waals surface area contributed by atoms with Gasteiger partial charge >= 0.3 is 0 Å². The normalized spacial score (nSPS) is 10.1. The average Bonchev–Trinajstić information content (AvgIpc) is 2.49. The Morgan fingerprint density at radius 1 is 1.10 bits per heavy atom. The van der Waals surface area contributed by atoms with Crippen molar-refractivity contribution in [3.05, 3.63) is 35.4 Å². The smallest absolute Gasteiger partial charge is 0.251 e. The molecule has 110 valence electrons. The molecule has 5 heteroatoms. The van der Waals surface area contributed by atoms with E-state index in [2.05, 4.69) is 16.0 Å². The Balaban J connectivity index is 2.25. The first-order valence-corrected chi connectivity index (χ1v) is 6.95. The maximum atomic E-state index is 11.4. The molecule has 20 heavy (non-hydrogen) atoms. The fraction of sp³-hybridized carbons (Fsp3) is 0.467. The van der Waals surface area contributed by atoms with Crippen LogP contribution in [0.15, 0.2) is 24.3 Å². The zero-order valence-corrected chi connectivity index (χ0v) is 12.2.